The first-order valence-electron chi connectivity index (χ1n) is 7.78. The Hall–Kier alpha value is -0.460. The van der Waals surface area contributed by atoms with E-state index in [1.54, 1.807) is 11.3 Å². The Labute approximate surface area is 133 Å². The molecule has 1 unspecified atom stereocenters. The predicted octanol–water partition coefficient (Wildman–Crippen LogP) is 2.34. The molecule has 0 spiro atoms. The maximum absolute atomic E-state index is 9.80. The number of aliphatic hydroxyl groups is 1. The molecule has 0 amide bonds. The summed E-state index contributed by atoms with van der Waals surface area (Å²) in [7, 11) is 2.16. The minimum absolute atomic E-state index is 0.390. The van der Waals surface area contributed by atoms with E-state index in [2.05, 4.69) is 31.1 Å². The normalized spacial score (nSPS) is 13.2. The highest BCUT2D eigenvalue weighted by Crippen LogP contribution is 2.09. The zero-order valence-corrected chi connectivity index (χ0v) is 14.4. The molecule has 0 aliphatic carbocycles. The Kier molecular flexibility index (Phi) is 9.87. The first kappa shape index (κ1) is 18.6. The summed E-state index contributed by atoms with van der Waals surface area (Å²) in [5, 5.41) is 15.1. The number of ether oxygens (including phenoxy) is 1. The van der Waals surface area contributed by atoms with Gasteiger partial charge in [-0.05, 0) is 58.3 Å². The van der Waals surface area contributed by atoms with Crippen molar-refractivity contribution in [3.05, 3.63) is 22.4 Å². The van der Waals surface area contributed by atoms with Gasteiger partial charge in [0.25, 0.3) is 0 Å². The van der Waals surface area contributed by atoms with Gasteiger partial charge in [-0.25, -0.2) is 0 Å². The largest absolute Gasteiger partial charge is 0.389 e. The molecule has 1 heterocycles. The fourth-order valence-corrected chi connectivity index (χ4v) is 2.53. The van der Waals surface area contributed by atoms with Gasteiger partial charge in [0.2, 0.25) is 0 Å². The lowest BCUT2D eigenvalue weighted by Gasteiger charge is -2.20. The zero-order chi connectivity index (χ0) is 15.5. The van der Waals surface area contributed by atoms with Crippen LogP contribution in [-0.4, -0.2) is 55.4 Å². The average Bonchev–Trinajstić information content (AvgIpc) is 2.95. The van der Waals surface area contributed by atoms with Gasteiger partial charge >= 0.3 is 0 Å². The van der Waals surface area contributed by atoms with E-state index in [-0.39, 0.29) is 0 Å². The Balaban J connectivity index is 1.90. The van der Waals surface area contributed by atoms with Crippen LogP contribution in [0.5, 0.6) is 0 Å². The maximum Gasteiger partial charge on any atom is 0.0897 e. The Morgan fingerprint density at radius 3 is 2.86 bits per heavy atom. The van der Waals surface area contributed by atoms with E-state index in [9.17, 15) is 5.11 Å². The van der Waals surface area contributed by atoms with Crippen molar-refractivity contribution in [3.8, 4) is 0 Å². The van der Waals surface area contributed by atoms with E-state index in [4.69, 9.17) is 4.74 Å². The van der Waals surface area contributed by atoms with Gasteiger partial charge in [0.1, 0.15) is 0 Å². The highest BCUT2D eigenvalue weighted by atomic mass is 32.1. The first-order chi connectivity index (χ1) is 10.1. The van der Waals surface area contributed by atoms with Gasteiger partial charge in [-0.15, -0.1) is 11.3 Å². The minimum Gasteiger partial charge on any atom is -0.389 e. The quantitative estimate of drug-likeness (QED) is 0.581. The van der Waals surface area contributed by atoms with Crippen molar-refractivity contribution >= 4 is 11.3 Å². The van der Waals surface area contributed by atoms with Crippen LogP contribution in [-0.2, 0) is 11.3 Å². The summed E-state index contributed by atoms with van der Waals surface area (Å²) in [5.74, 6) is 0. The summed E-state index contributed by atoms with van der Waals surface area (Å²) >= 11 is 1.68. The smallest absolute Gasteiger partial charge is 0.0897 e. The lowest BCUT2D eigenvalue weighted by atomic mass is 10.2. The Bertz CT molecular complexity index is 344. The van der Waals surface area contributed by atoms with Gasteiger partial charge in [0.15, 0.2) is 0 Å². The SMILES string of the molecule is CC(C)N(C)CCCCNCC(O)COCc1cccs1. The number of aliphatic hydroxyl groups excluding tert-OH is 1. The van der Waals surface area contributed by atoms with E-state index >= 15 is 0 Å². The molecule has 4 nitrogen and oxygen atoms in total. The van der Waals surface area contributed by atoms with Crippen LogP contribution in [0.2, 0.25) is 0 Å². The molecule has 0 radical (unpaired) electrons. The average molecular weight is 314 g/mol. The lowest BCUT2D eigenvalue weighted by molar-refractivity contribution is 0.0299. The third kappa shape index (κ3) is 9.22. The van der Waals surface area contributed by atoms with Crippen LogP contribution in [0, 0.1) is 0 Å². The van der Waals surface area contributed by atoms with Gasteiger partial charge in [-0.3, -0.25) is 0 Å². The molecule has 0 aliphatic heterocycles. The fraction of sp³-hybridized carbons (Fsp3) is 0.750. The van der Waals surface area contributed by atoms with Crippen LogP contribution in [0.15, 0.2) is 17.5 Å². The Morgan fingerprint density at radius 1 is 1.38 bits per heavy atom. The minimum atomic E-state index is -0.428. The number of thiophene rings is 1. The van der Waals surface area contributed by atoms with Crippen molar-refractivity contribution in [2.24, 2.45) is 0 Å². The first-order valence-corrected chi connectivity index (χ1v) is 8.66. The monoisotopic (exact) mass is 314 g/mol. The number of hydrogen-bond acceptors (Lipinski definition) is 5. The van der Waals surface area contributed by atoms with Gasteiger partial charge in [-0.1, -0.05) is 6.07 Å². The summed E-state index contributed by atoms with van der Waals surface area (Å²) < 4.78 is 5.49. The highest BCUT2D eigenvalue weighted by Gasteiger charge is 2.05. The second-order valence-electron chi connectivity index (χ2n) is 5.73. The maximum atomic E-state index is 9.80. The molecule has 2 N–H and O–H groups in total. The molecule has 122 valence electrons. The van der Waals surface area contributed by atoms with E-state index in [1.807, 2.05) is 17.5 Å². The molecule has 0 aromatic carbocycles. The number of hydrogen-bond donors (Lipinski definition) is 2. The van der Waals surface area contributed by atoms with Gasteiger partial charge in [-0.2, -0.15) is 0 Å². The van der Waals surface area contributed by atoms with Crippen LogP contribution < -0.4 is 5.32 Å². The Morgan fingerprint density at radius 2 is 2.19 bits per heavy atom. The molecular weight excluding hydrogens is 284 g/mol. The molecular formula is C16H30N2O2S. The van der Waals surface area contributed by atoms with Crippen LogP contribution in [0.25, 0.3) is 0 Å². The van der Waals surface area contributed by atoms with Crippen LogP contribution in [0.1, 0.15) is 31.6 Å². The van der Waals surface area contributed by atoms with E-state index in [0.717, 1.165) is 19.5 Å². The highest BCUT2D eigenvalue weighted by molar-refractivity contribution is 7.09. The molecule has 1 atom stereocenters. The second kappa shape index (κ2) is 11.2. The molecule has 21 heavy (non-hydrogen) atoms. The van der Waals surface area contributed by atoms with E-state index < -0.39 is 6.10 Å². The fourth-order valence-electron chi connectivity index (χ4n) is 1.89. The number of nitrogens with one attached hydrogen (secondary N) is 1. The summed E-state index contributed by atoms with van der Waals surface area (Å²) in [6, 6.07) is 4.67. The molecule has 0 bridgehead atoms. The van der Waals surface area contributed by atoms with Crippen molar-refractivity contribution in [2.45, 2.75) is 45.4 Å². The van der Waals surface area contributed by atoms with Crippen LogP contribution in [0.3, 0.4) is 0 Å². The van der Waals surface area contributed by atoms with E-state index in [0.29, 0.717) is 25.8 Å². The molecule has 0 fully saturated rings. The standard InChI is InChI=1S/C16H30N2O2S/c1-14(2)18(3)9-5-4-8-17-11-15(19)12-20-13-16-7-6-10-21-16/h6-7,10,14-15,17,19H,4-5,8-9,11-13H2,1-3H3. The number of nitrogens with zero attached hydrogens (tertiary/aromatic N) is 1. The molecule has 0 saturated carbocycles. The summed E-state index contributed by atoms with van der Waals surface area (Å²) in [6.45, 7) is 8.09. The van der Waals surface area contributed by atoms with Crippen molar-refractivity contribution < 1.29 is 9.84 Å². The van der Waals surface area contributed by atoms with Crippen molar-refractivity contribution in [2.75, 3.05) is 33.3 Å². The van der Waals surface area contributed by atoms with Crippen LogP contribution >= 0.6 is 11.3 Å². The van der Waals surface area contributed by atoms with Gasteiger partial charge in [0.05, 0.1) is 19.3 Å². The summed E-state index contributed by atoms with van der Waals surface area (Å²) in [6.07, 6.45) is 1.90. The molecule has 1 aromatic heterocycles. The molecule has 0 aliphatic rings. The molecule has 0 saturated heterocycles. The summed E-state index contributed by atoms with van der Waals surface area (Å²) in [4.78, 5) is 3.55. The topological polar surface area (TPSA) is 44.7 Å². The van der Waals surface area contributed by atoms with Gasteiger partial charge in [0, 0.05) is 17.5 Å². The number of unbranched alkanes of at least 4 members (excludes halogenated alkanes) is 1. The van der Waals surface area contributed by atoms with Gasteiger partial charge < -0.3 is 20.1 Å². The molecule has 1 aromatic rings. The predicted molar refractivity (Wildman–Crippen MR) is 89.9 cm³/mol. The third-order valence-electron chi connectivity index (χ3n) is 3.51. The van der Waals surface area contributed by atoms with E-state index in [1.165, 1.54) is 11.3 Å². The lowest BCUT2D eigenvalue weighted by Crippen LogP contribution is -2.31. The van der Waals surface area contributed by atoms with Crippen molar-refractivity contribution in [3.63, 3.8) is 0 Å². The van der Waals surface area contributed by atoms with Crippen molar-refractivity contribution in [1.29, 1.82) is 0 Å². The van der Waals surface area contributed by atoms with Crippen molar-refractivity contribution in [1.82, 2.24) is 10.2 Å². The number of rotatable bonds is 12. The molecule has 5 heteroatoms. The van der Waals surface area contributed by atoms with Crippen LogP contribution in [0.4, 0.5) is 0 Å². The third-order valence-corrected chi connectivity index (χ3v) is 4.36. The second-order valence-corrected chi connectivity index (χ2v) is 6.77. The summed E-state index contributed by atoms with van der Waals surface area (Å²) in [5.41, 5.74) is 0. The zero-order valence-electron chi connectivity index (χ0n) is 13.5. The molecule has 1 rings (SSSR count).